The summed E-state index contributed by atoms with van der Waals surface area (Å²) in [5.74, 6) is 0.913. The minimum atomic E-state index is -0.0580. The number of carbonyl (C=O) groups excluding carboxylic acids is 1. The third-order valence-electron chi connectivity index (χ3n) is 5.61. The fourth-order valence-corrected chi connectivity index (χ4v) is 3.78. The maximum absolute atomic E-state index is 12.7. The molecule has 2 fully saturated rings. The van der Waals surface area contributed by atoms with Gasteiger partial charge >= 0.3 is 0 Å². The lowest BCUT2D eigenvalue weighted by molar-refractivity contribution is -0.121. The summed E-state index contributed by atoms with van der Waals surface area (Å²) in [6.45, 7) is 9.68. The van der Waals surface area contributed by atoms with E-state index >= 15 is 0 Å². The number of hydrogen-bond donors (Lipinski definition) is 1. The van der Waals surface area contributed by atoms with Crippen LogP contribution in [0.4, 0.5) is 5.69 Å². The van der Waals surface area contributed by atoms with Crippen molar-refractivity contribution >= 4 is 11.6 Å². The molecule has 2 aliphatic heterocycles. The van der Waals surface area contributed by atoms with E-state index in [1.54, 1.807) is 0 Å². The fraction of sp³-hybridized carbons (Fsp3) is 0.650. The molecule has 0 saturated carbocycles. The summed E-state index contributed by atoms with van der Waals surface area (Å²) in [6.07, 6.45) is 4.98. The van der Waals surface area contributed by atoms with Gasteiger partial charge in [0.05, 0.1) is 6.04 Å². The Balaban J connectivity index is 1.61. The summed E-state index contributed by atoms with van der Waals surface area (Å²) in [5, 5.41) is 3.19. The van der Waals surface area contributed by atoms with Crippen molar-refractivity contribution in [3.8, 4) is 0 Å². The van der Waals surface area contributed by atoms with Crippen LogP contribution in [0, 0.1) is 5.92 Å². The number of benzene rings is 1. The van der Waals surface area contributed by atoms with Gasteiger partial charge in [-0.1, -0.05) is 25.1 Å². The highest BCUT2D eigenvalue weighted by Gasteiger charge is 2.25. The van der Waals surface area contributed by atoms with Crippen LogP contribution in [-0.2, 0) is 11.3 Å². The SMILES string of the molecule is CC1CCN(C(C)C(=O)Nc2ccccc2CN2CCCC2)CC1. The monoisotopic (exact) mass is 329 g/mol. The lowest BCUT2D eigenvalue weighted by Crippen LogP contribution is -2.45. The van der Waals surface area contributed by atoms with Crippen LogP contribution >= 0.6 is 0 Å². The number of hydrogen-bond acceptors (Lipinski definition) is 3. The summed E-state index contributed by atoms with van der Waals surface area (Å²) < 4.78 is 0. The Labute approximate surface area is 146 Å². The van der Waals surface area contributed by atoms with E-state index in [0.29, 0.717) is 0 Å². The average molecular weight is 329 g/mol. The van der Waals surface area contributed by atoms with Gasteiger partial charge in [0.1, 0.15) is 0 Å². The summed E-state index contributed by atoms with van der Waals surface area (Å²) in [7, 11) is 0. The zero-order chi connectivity index (χ0) is 16.9. The van der Waals surface area contributed by atoms with Crippen molar-refractivity contribution in [1.29, 1.82) is 0 Å². The normalized spacial score (nSPS) is 21.8. The van der Waals surface area contributed by atoms with Crippen molar-refractivity contribution in [3.05, 3.63) is 29.8 Å². The highest BCUT2D eigenvalue weighted by atomic mass is 16.2. The molecule has 0 spiro atoms. The van der Waals surface area contributed by atoms with Crippen LogP contribution in [0.1, 0.15) is 45.1 Å². The maximum atomic E-state index is 12.7. The van der Waals surface area contributed by atoms with Gasteiger partial charge in [-0.05, 0) is 76.3 Å². The topological polar surface area (TPSA) is 35.6 Å². The molecule has 1 aromatic rings. The Morgan fingerprint density at radius 2 is 1.83 bits per heavy atom. The zero-order valence-corrected chi connectivity index (χ0v) is 15.1. The molecule has 2 heterocycles. The lowest BCUT2D eigenvalue weighted by Gasteiger charge is -2.34. The van der Waals surface area contributed by atoms with Crippen molar-refractivity contribution in [2.75, 3.05) is 31.5 Å². The van der Waals surface area contributed by atoms with Crippen LogP contribution in [0.3, 0.4) is 0 Å². The standard InChI is InChI=1S/C20H31N3O/c1-16-9-13-23(14-10-16)17(2)20(24)21-19-8-4-3-7-18(19)15-22-11-5-6-12-22/h3-4,7-8,16-17H,5-6,9-15H2,1-2H3,(H,21,24). The number of carbonyl (C=O) groups is 1. The van der Waals surface area contributed by atoms with E-state index in [2.05, 4.69) is 34.2 Å². The minimum Gasteiger partial charge on any atom is -0.324 e. The number of amides is 1. The Kier molecular flexibility index (Phi) is 5.90. The van der Waals surface area contributed by atoms with Gasteiger partial charge in [-0.15, -0.1) is 0 Å². The molecule has 3 rings (SSSR count). The van der Waals surface area contributed by atoms with Gasteiger partial charge in [-0.3, -0.25) is 14.6 Å². The van der Waals surface area contributed by atoms with Crippen molar-refractivity contribution in [2.24, 2.45) is 5.92 Å². The Bertz CT molecular complexity index is 546. The van der Waals surface area contributed by atoms with Crippen molar-refractivity contribution < 1.29 is 4.79 Å². The molecule has 132 valence electrons. The Morgan fingerprint density at radius 3 is 2.54 bits per heavy atom. The van der Waals surface area contributed by atoms with E-state index in [1.165, 1.54) is 44.3 Å². The average Bonchev–Trinajstić information content (AvgIpc) is 3.10. The van der Waals surface area contributed by atoms with Crippen molar-refractivity contribution in [3.63, 3.8) is 0 Å². The second-order valence-electron chi connectivity index (χ2n) is 7.52. The third-order valence-corrected chi connectivity index (χ3v) is 5.61. The molecule has 0 aliphatic carbocycles. The van der Waals surface area contributed by atoms with Crippen LogP contribution in [-0.4, -0.2) is 47.9 Å². The molecule has 1 aromatic carbocycles. The van der Waals surface area contributed by atoms with Gasteiger partial charge in [-0.25, -0.2) is 0 Å². The summed E-state index contributed by atoms with van der Waals surface area (Å²) in [4.78, 5) is 17.5. The van der Waals surface area contributed by atoms with Gasteiger partial charge in [0.25, 0.3) is 0 Å². The largest absolute Gasteiger partial charge is 0.324 e. The molecule has 1 unspecified atom stereocenters. The molecule has 2 saturated heterocycles. The highest BCUT2D eigenvalue weighted by molar-refractivity contribution is 5.95. The summed E-state index contributed by atoms with van der Waals surface area (Å²) in [6, 6.07) is 8.19. The number of likely N-dealkylation sites (tertiary alicyclic amines) is 2. The molecule has 1 N–H and O–H groups in total. The Morgan fingerprint density at radius 1 is 1.17 bits per heavy atom. The zero-order valence-electron chi connectivity index (χ0n) is 15.1. The third kappa shape index (κ3) is 4.37. The molecular formula is C20H31N3O. The fourth-order valence-electron chi connectivity index (χ4n) is 3.78. The van der Waals surface area contributed by atoms with Gasteiger partial charge < -0.3 is 5.32 Å². The molecule has 4 nitrogen and oxygen atoms in total. The number of nitrogens with zero attached hydrogens (tertiary/aromatic N) is 2. The first-order chi connectivity index (χ1) is 11.6. The molecule has 0 radical (unpaired) electrons. The molecule has 1 amide bonds. The predicted octanol–water partition coefficient (Wildman–Crippen LogP) is 3.34. The van der Waals surface area contributed by atoms with E-state index < -0.39 is 0 Å². The summed E-state index contributed by atoms with van der Waals surface area (Å²) >= 11 is 0. The number of anilines is 1. The van der Waals surface area contributed by atoms with E-state index in [-0.39, 0.29) is 11.9 Å². The smallest absolute Gasteiger partial charge is 0.241 e. The number of nitrogens with one attached hydrogen (secondary N) is 1. The molecule has 4 heteroatoms. The Hall–Kier alpha value is -1.39. The highest BCUT2D eigenvalue weighted by Crippen LogP contribution is 2.22. The number of para-hydroxylation sites is 1. The first-order valence-electron chi connectivity index (χ1n) is 9.48. The lowest BCUT2D eigenvalue weighted by atomic mass is 9.98. The first-order valence-corrected chi connectivity index (χ1v) is 9.48. The van der Waals surface area contributed by atoms with Gasteiger partial charge in [0.15, 0.2) is 0 Å². The van der Waals surface area contributed by atoms with Crippen LogP contribution in [0.15, 0.2) is 24.3 Å². The minimum absolute atomic E-state index is 0.0580. The molecule has 0 aromatic heterocycles. The molecule has 0 bridgehead atoms. The quantitative estimate of drug-likeness (QED) is 0.900. The van der Waals surface area contributed by atoms with Crippen LogP contribution in [0.2, 0.25) is 0 Å². The number of rotatable bonds is 5. The van der Waals surface area contributed by atoms with Crippen LogP contribution < -0.4 is 5.32 Å². The maximum Gasteiger partial charge on any atom is 0.241 e. The first kappa shape index (κ1) is 17.4. The summed E-state index contributed by atoms with van der Waals surface area (Å²) in [5.41, 5.74) is 2.21. The number of piperidine rings is 1. The van der Waals surface area contributed by atoms with Crippen LogP contribution in [0.25, 0.3) is 0 Å². The van der Waals surface area contributed by atoms with Crippen molar-refractivity contribution in [1.82, 2.24) is 9.80 Å². The van der Waals surface area contributed by atoms with E-state index in [1.807, 2.05) is 19.1 Å². The van der Waals surface area contributed by atoms with Crippen molar-refractivity contribution in [2.45, 2.75) is 52.1 Å². The van der Waals surface area contributed by atoms with Gasteiger partial charge in [0.2, 0.25) is 5.91 Å². The molecule has 24 heavy (non-hydrogen) atoms. The predicted molar refractivity (Wildman–Crippen MR) is 99.0 cm³/mol. The van der Waals surface area contributed by atoms with Gasteiger partial charge in [-0.2, -0.15) is 0 Å². The molecule has 2 aliphatic rings. The van der Waals surface area contributed by atoms with Gasteiger partial charge in [0, 0.05) is 12.2 Å². The second kappa shape index (κ2) is 8.13. The second-order valence-corrected chi connectivity index (χ2v) is 7.52. The van der Waals surface area contributed by atoms with E-state index in [4.69, 9.17) is 0 Å². The molecule has 1 atom stereocenters. The van der Waals surface area contributed by atoms with Crippen LogP contribution in [0.5, 0.6) is 0 Å². The van der Waals surface area contributed by atoms with E-state index in [0.717, 1.165) is 31.2 Å². The van der Waals surface area contributed by atoms with E-state index in [9.17, 15) is 4.79 Å². The molecular weight excluding hydrogens is 298 g/mol.